The number of nitrogens with zero attached hydrogens (tertiary/aromatic N) is 2. The molecule has 0 aliphatic rings. The number of thioether (sulfide) groups is 1. The second kappa shape index (κ2) is 4.14. The van der Waals surface area contributed by atoms with Gasteiger partial charge in [0.1, 0.15) is 5.03 Å². The van der Waals surface area contributed by atoms with Crippen LogP contribution < -0.4 is 10.5 Å². The first-order chi connectivity index (χ1) is 6.60. The highest BCUT2D eigenvalue weighted by Gasteiger charge is 2.17. The summed E-state index contributed by atoms with van der Waals surface area (Å²) in [7, 11) is 1.43. The fourth-order valence-corrected chi connectivity index (χ4v) is 1.45. The van der Waals surface area contributed by atoms with E-state index in [9.17, 15) is 10.1 Å². The first-order valence-electron chi connectivity index (χ1n) is 3.63. The van der Waals surface area contributed by atoms with Crippen LogP contribution in [0.25, 0.3) is 0 Å². The molecule has 0 saturated carbocycles. The molecule has 14 heavy (non-hydrogen) atoms. The van der Waals surface area contributed by atoms with Gasteiger partial charge in [0.25, 0.3) is 0 Å². The van der Waals surface area contributed by atoms with Gasteiger partial charge in [0, 0.05) is 0 Å². The number of rotatable bonds is 3. The van der Waals surface area contributed by atoms with Crippen molar-refractivity contribution in [2.24, 2.45) is 0 Å². The second-order valence-corrected chi connectivity index (χ2v) is 3.16. The number of nitrogen functional groups attached to an aromatic ring is 1. The summed E-state index contributed by atoms with van der Waals surface area (Å²) in [6.45, 7) is 0. The molecule has 0 aromatic carbocycles. The lowest BCUT2D eigenvalue weighted by molar-refractivity contribution is -0.384. The molecule has 0 amide bonds. The van der Waals surface area contributed by atoms with Crippen molar-refractivity contribution in [2.75, 3.05) is 19.1 Å². The largest absolute Gasteiger partial charge is 0.494 e. The van der Waals surface area contributed by atoms with Gasteiger partial charge in [0.2, 0.25) is 5.82 Å². The highest BCUT2D eigenvalue weighted by atomic mass is 32.2. The van der Waals surface area contributed by atoms with Crippen LogP contribution in [0, 0.1) is 10.1 Å². The van der Waals surface area contributed by atoms with Crippen molar-refractivity contribution in [3.63, 3.8) is 0 Å². The van der Waals surface area contributed by atoms with Gasteiger partial charge in [-0.05, 0) is 6.26 Å². The smallest absolute Gasteiger partial charge is 0.314 e. The van der Waals surface area contributed by atoms with E-state index in [2.05, 4.69) is 4.98 Å². The molecular weight excluding hydrogens is 206 g/mol. The van der Waals surface area contributed by atoms with E-state index in [0.29, 0.717) is 10.8 Å². The fourth-order valence-electron chi connectivity index (χ4n) is 0.920. The lowest BCUT2D eigenvalue weighted by atomic mass is 10.4. The molecule has 2 N–H and O–H groups in total. The Bertz CT molecular complexity index is 369. The van der Waals surface area contributed by atoms with Gasteiger partial charge < -0.3 is 10.5 Å². The molecule has 0 bridgehead atoms. The van der Waals surface area contributed by atoms with Crippen LogP contribution in [0.15, 0.2) is 11.1 Å². The van der Waals surface area contributed by atoms with E-state index in [-0.39, 0.29) is 11.5 Å². The molecule has 76 valence electrons. The Morgan fingerprint density at radius 3 is 2.79 bits per heavy atom. The summed E-state index contributed by atoms with van der Waals surface area (Å²) < 4.78 is 4.94. The molecule has 0 fully saturated rings. The van der Waals surface area contributed by atoms with Crippen LogP contribution in [0.1, 0.15) is 0 Å². The quantitative estimate of drug-likeness (QED) is 0.464. The Hall–Kier alpha value is -1.50. The number of nitrogens with two attached hydrogens (primary N) is 1. The van der Waals surface area contributed by atoms with Crippen molar-refractivity contribution in [1.29, 1.82) is 0 Å². The average molecular weight is 215 g/mol. The maximum atomic E-state index is 10.5. The molecular formula is C7H9N3O3S. The van der Waals surface area contributed by atoms with E-state index in [1.54, 1.807) is 6.26 Å². The van der Waals surface area contributed by atoms with Gasteiger partial charge in [-0.1, -0.05) is 0 Å². The van der Waals surface area contributed by atoms with Gasteiger partial charge in [0.15, 0.2) is 5.75 Å². The summed E-state index contributed by atoms with van der Waals surface area (Å²) in [5, 5.41) is 11.1. The number of hydrogen-bond acceptors (Lipinski definition) is 6. The van der Waals surface area contributed by atoms with E-state index in [0.717, 1.165) is 0 Å². The van der Waals surface area contributed by atoms with Crippen molar-refractivity contribution in [3.05, 3.63) is 16.2 Å². The predicted octanol–water partition coefficient (Wildman–Crippen LogP) is 1.30. The molecule has 6 nitrogen and oxygen atoms in total. The third-order valence-corrected chi connectivity index (χ3v) is 2.25. The molecule has 1 heterocycles. The molecule has 0 unspecified atom stereocenters. The van der Waals surface area contributed by atoms with Crippen LogP contribution >= 0.6 is 11.8 Å². The first kappa shape index (κ1) is 10.6. The minimum atomic E-state index is -0.588. The minimum Gasteiger partial charge on any atom is -0.494 e. The SMILES string of the molecule is COc1cc([N+](=O)[O-])c(N)nc1SC. The monoisotopic (exact) mass is 215 g/mol. The van der Waals surface area contributed by atoms with Crippen molar-refractivity contribution in [3.8, 4) is 5.75 Å². The van der Waals surface area contributed by atoms with Crippen LogP contribution in [-0.4, -0.2) is 23.3 Å². The number of pyridine rings is 1. The van der Waals surface area contributed by atoms with Gasteiger partial charge in [-0.2, -0.15) is 0 Å². The number of ether oxygens (including phenoxy) is 1. The fraction of sp³-hybridized carbons (Fsp3) is 0.286. The summed E-state index contributed by atoms with van der Waals surface area (Å²) in [4.78, 5) is 13.8. The molecule has 0 radical (unpaired) electrons. The maximum absolute atomic E-state index is 10.5. The Kier molecular flexibility index (Phi) is 3.13. The van der Waals surface area contributed by atoms with E-state index in [1.807, 2.05) is 0 Å². The summed E-state index contributed by atoms with van der Waals surface area (Å²) in [5.74, 6) is 0.263. The zero-order valence-corrected chi connectivity index (χ0v) is 8.50. The van der Waals surface area contributed by atoms with E-state index >= 15 is 0 Å². The molecule has 1 aromatic rings. The average Bonchev–Trinajstić information content (AvgIpc) is 2.16. The van der Waals surface area contributed by atoms with Crippen LogP contribution in [0.3, 0.4) is 0 Å². The highest BCUT2D eigenvalue weighted by molar-refractivity contribution is 7.98. The van der Waals surface area contributed by atoms with E-state index in [1.165, 1.54) is 24.9 Å². The number of aromatic nitrogens is 1. The van der Waals surface area contributed by atoms with Crippen molar-refractivity contribution in [2.45, 2.75) is 5.03 Å². The molecule has 7 heteroatoms. The number of nitro groups is 1. The Balaban J connectivity index is 3.30. The lowest BCUT2D eigenvalue weighted by Crippen LogP contribution is -2.01. The molecule has 0 spiro atoms. The second-order valence-electron chi connectivity index (χ2n) is 2.36. The third-order valence-electron chi connectivity index (χ3n) is 1.57. The van der Waals surface area contributed by atoms with Crippen molar-refractivity contribution < 1.29 is 9.66 Å². The van der Waals surface area contributed by atoms with E-state index < -0.39 is 4.92 Å². The number of methoxy groups -OCH3 is 1. The predicted molar refractivity (Wildman–Crippen MR) is 53.6 cm³/mol. The van der Waals surface area contributed by atoms with Gasteiger partial charge in [0.05, 0.1) is 18.1 Å². The van der Waals surface area contributed by atoms with Gasteiger partial charge in [-0.3, -0.25) is 10.1 Å². The third kappa shape index (κ3) is 1.87. The zero-order valence-electron chi connectivity index (χ0n) is 7.68. The highest BCUT2D eigenvalue weighted by Crippen LogP contribution is 2.32. The first-order valence-corrected chi connectivity index (χ1v) is 4.85. The van der Waals surface area contributed by atoms with Crippen molar-refractivity contribution in [1.82, 2.24) is 4.98 Å². The summed E-state index contributed by atoms with van der Waals surface area (Å²) in [6, 6.07) is 1.27. The van der Waals surface area contributed by atoms with Gasteiger partial charge in [-0.25, -0.2) is 4.98 Å². The van der Waals surface area contributed by atoms with Crippen LogP contribution in [0.2, 0.25) is 0 Å². The zero-order chi connectivity index (χ0) is 10.7. The van der Waals surface area contributed by atoms with Crippen molar-refractivity contribution >= 4 is 23.3 Å². The van der Waals surface area contributed by atoms with Crippen LogP contribution in [-0.2, 0) is 0 Å². The minimum absolute atomic E-state index is 0.0971. The normalized spacial score (nSPS) is 9.86. The topological polar surface area (TPSA) is 91.3 Å². The lowest BCUT2D eigenvalue weighted by Gasteiger charge is -2.05. The summed E-state index contributed by atoms with van der Waals surface area (Å²) in [6.07, 6.45) is 1.79. The number of hydrogen-bond donors (Lipinski definition) is 1. The molecule has 0 aliphatic carbocycles. The summed E-state index contributed by atoms with van der Waals surface area (Å²) >= 11 is 1.32. The maximum Gasteiger partial charge on any atom is 0.314 e. The molecule has 1 aromatic heterocycles. The standard InChI is InChI=1S/C7H9N3O3S/c1-13-5-3-4(10(11)12)6(8)9-7(5)14-2/h3H,1-2H3,(H2,8,9). The van der Waals surface area contributed by atoms with E-state index in [4.69, 9.17) is 10.5 Å². The Morgan fingerprint density at radius 1 is 1.71 bits per heavy atom. The molecule has 0 aliphatic heterocycles. The van der Waals surface area contributed by atoms with Gasteiger partial charge >= 0.3 is 5.69 Å². The Morgan fingerprint density at radius 2 is 2.36 bits per heavy atom. The Labute approximate surface area is 84.6 Å². The summed E-state index contributed by atoms with van der Waals surface area (Å²) in [5.41, 5.74) is 5.16. The van der Waals surface area contributed by atoms with Gasteiger partial charge in [-0.15, -0.1) is 11.8 Å². The molecule has 0 atom stereocenters. The number of anilines is 1. The van der Waals surface area contributed by atoms with Crippen LogP contribution in [0.4, 0.5) is 11.5 Å². The van der Waals surface area contributed by atoms with Crippen LogP contribution in [0.5, 0.6) is 5.75 Å². The molecule has 1 rings (SSSR count). The molecule has 0 saturated heterocycles.